The Hall–Kier alpha value is -6.75. The lowest BCUT2D eigenvalue weighted by Crippen LogP contribution is -2.29. The van der Waals surface area contributed by atoms with E-state index in [9.17, 15) is 29.4 Å². The van der Waals surface area contributed by atoms with Gasteiger partial charge in [-0.2, -0.15) is 4.58 Å². The van der Waals surface area contributed by atoms with Crippen LogP contribution in [0.3, 0.4) is 0 Å². The first-order chi connectivity index (χ1) is 29.6. The fraction of sp³-hybridized carbons (Fsp3) is 0.314. The van der Waals surface area contributed by atoms with Crippen LogP contribution in [-0.2, 0) is 29.9 Å². The van der Waals surface area contributed by atoms with E-state index in [1.807, 2.05) is 30.3 Å². The zero-order chi connectivity index (χ0) is 44.3. The molecule has 0 aromatic heterocycles. The summed E-state index contributed by atoms with van der Waals surface area (Å²) in [6.45, 7) is 12.2. The standard InChI is InChI=1S/C51H53N3O8/c1-33(55)61-29-27-52-43-23-19-37(48(57)58)31-41(43)50(3,4)45(52)25-21-35-17-18-36(47(35)54(39-13-9-7-10-14-39)40-15-11-8-12-16-40)22-26-46-51(5,6)42-32-38(49(59)60)20-24-44(42)53(46)28-30-62-34(2)56/h7,9-11,13-16,19-26,31-32H,8,12,17-18,27-30H2,1-6H3,(H-,57,58,59,60)/p+1. The van der Waals surface area contributed by atoms with E-state index in [1.165, 1.54) is 13.8 Å². The van der Waals surface area contributed by atoms with Gasteiger partial charge in [0, 0.05) is 59.7 Å². The van der Waals surface area contributed by atoms with Crippen LogP contribution in [0.1, 0.15) is 99.1 Å². The zero-order valence-corrected chi connectivity index (χ0v) is 36.2. The van der Waals surface area contributed by atoms with E-state index in [0.29, 0.717) is 13.1 Å². The third-order valence-corrected chi connectivity index (χ3v) is 12.1. The summed E-state index contributed by atoms with van der Waals surface area (Å²) in [6.07, 6.45) is 18.6. The number of hydrogen-bond acceptors (Lipinski definition) is 8. The third kappa shape index (κ3) is 8.57. The predicted octanol–water partition coefficient (Wildman–Crippen LogP) is 9.54. The number of fused-ring (bicyclic) bond motifs is 2. The molecule has 0 radical (unpaired) electrons. The molecule has 0 spiro atoms. The molecule has 0 fully saturated rings. The predicted molar refractivity (Wildman–Crippen MR) is 240 cm³/mol. The molecule has 4 aliphatic rings. The van der Waals surface area contributed by atoms with Crippen molar-refractivity contribution in [3.63, 3.8) is 0 Å². The number of esters is 2. The highest BCUT2D eigenvalue weighted by atomic mass is 16.5. The number of carboxylic acids is 2. The lowest BCUT2D eigenvalue weighted by Gasteiger charge is -2.31. The molecule has 7 rings (SSSR count). The van der Waals surface area contributed by atoms with Gasteiger partial charge in [-0.3, -0.25) is 9.59 Å². The summed E-state index contributed by atoms with van der Waals surface area (Å²) in [6, 6.07) is 20.7. The minimum absolute atomic E-state index is 0.163. The second kappa shape index (κ2) is 17.7. The van der Waals surface area contributed by atoms with Gasteiger partial charge in [0.1, 0.15) is 6.61 Å². The summed E-state index contributed by atoms with van der Waals surface area (Å²) in [5, 5.41) is 19.8. The highest BCUT2D eigenvalue weighted by Crippen LogP contribution is 2.49. The molecule has 0 saturated heterocycles. The molecule has 0 amide bonds. The SMILES string of the molecule is CC(=O)OCCN1/C(=C\C=C2/CCC(/C=C/C3=[N+](CCOC(C)=O)c4ccc(C(=O)O)cc4C3(C)C)=C2N(C2=CCCC=C2)c2ccccc2)C(C)(C)c2cc(C(=O)O)ccc21. The second-order valence-electron chi connectivity index (χ2n) is 16.9. The molecule has 2 aliphatic heterocycles. The summed E-state index contributed by atoms with van der Waals surface area (Å²) in [7, 11) is 0. The normalized spacial score (nSPS) is 18.7. The van der Waals surface area contributed by atoms with E-state index < -0.39 is 22.8 Å². The average molecular weight is 837 g/mol. The molecular formula is C51H54N3O8+. The molecule has 3 aromatic carbocycles. The Morgan fingerprint density at radius 2 is 1.47 bits per heavy atom. The fourth-order valence-corrected chi connectivity index (χ4v) is 9.09. The number of para-hydroxylation sites is 1. The lowest BCUT2D eigenvalue weighted by atomic mass is 9.80. The first-order valence-corrected chi connectivity index (χ1v) is 21.1. The molecule has 0 atom stereocenters. The smallest absolute Gasteiger partial charge is 0.335 e. The number of carbonyl (C=O) groups is 4. The van der Waals surface area contributed by atoms with Gasteiger partial charge in [0.25, 0.3) is 0 Å². The van der Waals surface area contributed by atoms with E-state index in [2.05, 4.69) is 96.7 Å². The maximum Gasteiger partial charge on any atom is 0.335 e. The maximum absolute atomic E-state index is 12.1. The topological polar surface area (TPSA) is 137 Å². The van der Waals surface area contributed by atoms with Crippen molar-refractivity contribution in [3.05, 3.63) is 160 Å². The number of hydrogen-bond donors (Lipinski definition) is 2. The van der Waals surface area contributed by atoms with Crippen LogP contribution < -0.4 is 9.80 Å². The fourth-order valence-electron chi connectivity index (χ4n) is 9.09. The van der Waals surface area contributed by atoms with Gasteiger partial charge < -0.3 is 29.5 Å². The Morgan fingerprint density at radius 1 is 0.790 bits per heavy atom. The third-order valence-electron chi connectivity index (χ3n) is 12.1. The Kier molecular flexibility index (Phi) is 12.4. The number of anilines is 2. The Labute approximate surface area is 363 Å². The first-order valence-electron chi connectivity index (χ1n) is 21.1. The van der Waals surface area contributed by atoms with Gasteiger partial charge in [0.2, 0.25) is 5.69 Å². The molecule has 0 saturated carbocycles. The number of carbonyl (C=O) groups excluding carboxylic acids is 2. The number of benzene rings is 3. The van der Waals surface area contributed by atoms with Crippen LogP contribution in [0.2, 0.25) is 0 Å². The van der Waals surface area contributed by atoms with Crippen molar-refractivity contribution in [2.24, 2.45) is 0 Å². The van der Waals surface area contributed by atoms with Crippen molar-refractivity contribution in [1.82, 2.24) is 0 Å². The molecule has 2 N–H and O–H groups in total. The summed E-state index contributed by atoms with van der Waals surface area (Å²) < 4.78 is 12.9. The van der Waals surface area contributed by atoms with E-state index >= 15 is 0 Å². The van der Waals surface area contributed by atoms with Crippen LogP contribution in [-0.4, -0.2) is 70.7 Å². The molecule has 62 heavy (non-hydrogen) atoms. The highest BCUT2D eigenvalue weighted by Gasteiger charge is 2.45. The monoisotopic (exact) mass is 836 g/mol. The largest absolute Gasteiger partial charge is 0.478 e. The van der Waals surface area contributed by atoms with Gasteiger partial charge >= 0.3 is 23.9 Å². The van der Waals surface area contributed by atoms with Gasteiger partial charge in [0.15, 0.2) is 18.9 Å². The Morgan fingerprint density at radius 3 is 2.13 bits per heavy atom. The summed E-state index contributed by atoms with van der Waals surface area (Å²) in [5.41, 5.74) is 9.99. The number of nitrogens with zero attached hydrogens (tertiary/aromatic N) is 3. The molecule has 0 unspecified atom stereocenters. The molecule has 11 nitrogen and oxygen atoms in total. The molecule has 3 aromatic rings. The first kappa shape index (κ1) is 43.3. The van der Waals surface area contributed by atoms with Gasteiger partial charge in [-0.1, -0.05) is 56.4 Å². The summed E-state index contributed by atoms with van der Waals surface area (Å²) in [4.78, 5) is 52.3. The van der Waals surface area contributed by atoms with Crippen molar-refractivity contribution in [2.75, 3.05) is 36.1 Å². The van der Waals surface area contributed by atoms with Crippen molar-refractivity contribution < 1.29 is 43.4 Å². The van der Waals surface area contributed by atoms with Crippen molar-refractivity contribution in [2.45, 2.75) is 78.1 Å². The summed E-state index contributed by atoms with van der Waals surface area (Å²) in [5.74, 6) is -2.73. The molecule has 320 valence electrons. The number of ether oxygens (including phenoxy) is 2. The van der Waals surface area contributed by atoms with Crippen molar-refractivity contribution in [1.29, 1.82) is 0 Å². The Bertz CT molecular complexity index is 2550. The quantitative estimate of drug-likeness (QED) is 0.119. The molecule has 11 heteroatoms. The minimum Gasteiger partial charge on any atom is -0.478 e. The molecule has 0 bridgehead atoms. The average Bonchev–Trinajstić information content (AvgIpc) is 3.80. The minimum atomic E-state index is -0.997. The van der Waals surface area contributed by atoms with Gasteiger partial charge in [-0.15, -0.1) is 0 Å². The number of allylic oxidation sites excluding steroid dienone is 10. The lowest BCUT2D eigenvalue weighted by molar-refractivity contribution is -0.440. The zero-order valence-electron chi connectivity index (χ0n) is 36.2. The Balaban J connectivity index is 1.39. The maximum atomic E-state index is 12.1. The van der Waals surface area contributed by atoms with Crippen LogP contribution in [0.15, 0.2) is 137 Å². The van der Waals surface area contributed by atoms with Gasteiger partial charge in [-0.05, 0) is 111 Å². The van der Waals surface area contributed by atoms with E-state index in [0.717, 1.165) is 87.8 Å². The van der Waals surface area contributed by atoms with E-state index in [4.69, 9.17) is 9.47 Å². The van der Waals surface area contributed by atoms with Crippen molar-refractivity contribution >= 4 is 46.7 Å². The van der Waals surface area contributed by atoms with E-state index in [1.54, 1.807) is 24.3 Å². The second-order valence-corrected chi connectivity index (χ2v) is 16.9. The molecule has 2 aliphatic carbocycles. The van der Waals surface area contributed by atoms with Crippen LogP contribution in [0.5, 0.6) is 0 Å². The van der Waals surface area contributed by atoms with Gasteiger partial charge in [0.05, 0.1) is 28.8 Å². The molecule has 2 heterocycles. The highest BCUT2D eigenvalue weighted by molar-refractivity contribution is 6.04. The number of aromatic carboxylic acids is 2. The van der Waals surface area contributed by atoms with E-state index in [-0.39, 0.29) is 36.3 Å². The van der Waals surface area contributed by atoms with Crippen molar-refractivity contribution in [3.8, 4) is 0 Å². The number of carboxylic acid groups (broad SMARTS) is 2. The van der Waals surface area contributed by atoms with Crippen LogP contribution in [0.4, 0.5) is 17.1 Å². The van der Waals surface area contributed by atoms with Gasteiger partial charge in [-0.25, -0.2) is 9.59 Å². The molecular weight excluding hydrogens is 783 g/mol. The van der Waals surface area contributed by atoms with Crippen LogP contribution >= 0.6 is 0 Å². The van der Waals surface area contributed by atoms with Crippen LogP contribution in [0.25, 0.3) is 0 Å². The summed E-state index contributed by atoms with van der Waals surface area (Å²) >= 11 is 0. The number of rotatable bonds is 14. The van der Waals surface area contributed by atoms with Crippen LogP contribution in [0, 0.1) is 0 Å².